The minimum atomic E-state index is -1.18. The number of hydrogen-bond acceptors (Lipinski definition) is 5. The monoisotopic (exact) mass is 462 g/mol. The first-order valence-electron chi connectivity index (χ1n) is 12.0. The number of aromatic nitrogens is 2. The summed E-state index contributed by atoms with van der Waals surface area (Å²) in [4.78, 5) is 60.6. The van der Waals surface area contributed by atoms with E-state index in [1.165, 1.54) is 4.90 Å². The summed E-state index contributed by atoms with van der Waals surface area (Å²) in [7, 11) is 1.78. The number of nitrogens with zero attached hydrogens (tertiary/aromatic N) is 4. The van der Waals surface area contributed by atoms with E-state index >= 15 is 0 Å². The van der Waals surface area contributed by atoms with Crippen LogP contribution >= 0.6 is 0 Å². The molecule has 0 bridgehead atoms. The van der Waals surface area contributed by atoms with Gasteiger partial charge in [-0.15, -0.1) is 0 Å². The van der Waals surface area contributed by atoms with Gasteiger partial charge in [0.2, 0.25) is 23.5 Å². The SMILES string of the molecule is Cc1ccccc1C1(CC(=O)N2CCCC(C(=O)c3nccn3C)C2)CC(=O)N(C2CC2)C1=O. The Kier molecular flexibility index (Phi) is 5.62. The number of imidazole rings is 1. The number of benzene rings is 1. The van der Waals surface area contributed by atoms with Crippen molar-refractivity contribution in [2.45, 2.75) is 56.9 Å². The van der Waals surface area contributed by atoms with Gasteiger partial charge in [-0.05, 0) is 43.7 Å². The van der Waals surface area contributed by atoms with Crippen molar-refractivity contribution in [2.24, 2.45) is 13.0 Å². The maximum absolute atomic E-state index is 13.7. The van der Waals surface area contributed by atoms with Crippen molar-refractivity contribution < 1.29 is 19.2 Å². The molecule has 0 N–H and O–H groups in total. The number of Topliss-reactive ketones (excluding diaryl/α,β-unsaturated/α-hetero) is 1. The predicted molar refractivity (Wildman–Crippen MR) is 124 cm³/mol. The normalized spacial score (nSPS) is 25.2. The van der Waals surface area contributed by atoms with Crippen LogP contribution in [0.4, 0.5) is 0 Å². The van der Waals surface area contributed by atoms with Gasteiger partial charge < -0.3 is 9.47 Å². The number of carbonyl (C=O) groups is 4. The molecule has 8 heteroatoms. The van der Waals surface area contributed by atoms with Crippen LogP contribution < -0.4 is 0 Å². The summed E-state index contributed by atoms with van der Waals surface area (Å²) in [5.41, 5.74) is 0.469. The lowest BCUT2D eigenvalue weighted by Crippen LogP contribution is -2.47. The maximum atomic E-state index is 13.7. The van der Waals surface area contributed by atoms with Crippen LogP contribution in [0.1, 0.15) is 60.3 Å². The highest BCUT2D eigenvalue weighted by molar-refractivity contribution is 6.11. The minimum absolute atomic E-state index is 0.0163. The van der Waals surface area contributed by atoms with E-state index in [4.69, 9.17) is 0 Å². The van der Waals surface area contributed by atoms with Crippen LogP contribution in [0.3, 0.4) is 0 Å². The molecule has 2 aliphatic heterocycles. The van der Waals surface area contributed by atoms with Gasteiger partial charge >= 0.3 is 0 Å². The lowest BCUT2D eigenvalue weighted by Gasteiger charge is -2.35. The predicted octanol–water partition coefficient (Wildman–Crippen LogP) is 2.40. The molecule has 1 saturated carbocycles. The Bertz CT molecular complexity index is 1170. The quantitative estimate of drug-likeness (QED) is 0.486. The van der Waals surface area contributed by atoms with E-state index in [2.05, 4.69) is 4.98 Å². The number of ketones is 1. The zero-order valence-electron chi connectivity index (χ0n) is 19.7. The van der Waals surface area contributed by atoms with Crippen LogP contribution in [0, 0.1) is 12.8 Å². The Hall–Kier alpha value is -3.29. The molecule has 3 fully saturated rings. The fourth-order valence-corrected chi connectivity index (χ4v) is 5.59. The zero-order chi connectivity index (χ0) is 24.0. The molecule has 0 radical (unpaired) electrons. The first kappa shape index (κ1) is 22.5. The highest BCUT2D eigenvalue weighted by atomic mass is 16.2. The van der Waals surface area contributed by atoms with E-state index in [0.717, 1.165) is 24.0 Å². The van der Waals surface area contributed by atoms with Gasteiger partial charge in [-0.25, -0.2) is 4.98 Å². The zero-order valence-corrected chi connectivity index (χ0v) is 19.7. The smallest absolute Gasteiger partial charge is 0.241 e. The summed E-state index contributed by atoms with van der Waals surface area (Å²) in [5.74, 6) is -0.611. The van der Waals surface area contributed by atoms with Gasteiger partial charge in [-0.2, -0.15) is 0 Å². The minimum Gasteiger partial charge on any atom is -0.342 e. The van der Waals surface area contributed by atoms with Gasteiger partial charge in [0.25, 0.3) is 0 Å². The molecule has 1 aliphatic carbocycles. The lowest BCUT2D eigenvalue weighted by atomic mass is 9.73. The second kappa shape index (κ2) is 8.49. The van der Waals surface area contributed by atoms with Crippen molar-refractivity contribution in [1.29, 1.82) is 0 Å². The second-order valence-corrected chi connectivity index (χ2v) is 9.96. The Labute approximate surface area is 198 Å². The van der Waals surface area contributed by atoms with Crippen molar-refractivity contribution in [2.75, 3.05) is 13.1 Å². The number of rotatable bonds is 6. The molecule has 3 amide bonds. The summed E-state index contributed by atoms with van der Waals surface area (Å²) < 4.78 is 1.70. The van der Waals surface area contributed by atoms with Crippen LogP contribution in [-0.4, -0.2) is 62.0 Å². The van der Waals surface area contributed by atoms with Gasteiger partial charge in [0, 0.05) is 57.3 Å². The molecule has 1 aromatic heterocycles. The number of carbonyl (C=O) groups excluding carboxylic acids is 4. The second-order valence-electron chi connectivity index (χ2n) is 9.96. The number of amides is 3. The van der Waals surface area contributed by atoms with Crippen molar-refractivity contribution in [3.8, 4) is 0 Å². The van der Waals surface area contributed by atoms with E-state index < -0.39 is 5.41 Å². The molecule has 3 heterocycles. The molecule has 1 aromatic carbocycles. The average Bonchev–Trinajstić information content (AvgIpc) is 3.51. The van der Waals surface area contributed by atoms with Crippen LogP contribution in [0.25, 0.3) is 0 Å². The van der Waals surface area contributed by atoms with Crippen LogP contribution in [0.2, 0.25) is 0 Å². The largest absolute Gasteiger partial charge is 0.342 e. The molecule has 3 aliphatic rings. The summed E-state index contributed by atoms with van der Waals surface area (Å²) >= 11 is 0. The van der Waals surface area contributed by atoms with E-state index in [0.29, 0.717) is 31.8 Å². The fraction of sp³-hybridized carbons (Fsp3) is 0.500. The highest BCUT2D eigenvalue weighted by Crippen LogP contribution is 2.45. The van der Waals surface area contributed by atoms with Gasteiger partial charge in [-0.3, -0.25) is 24.1 Å². The number of imide groups is 1. The summed E-state index contributed by atoms with van der Waals surface area (Å²) in [5, 5.41) is 0. The Balaban J connectivity index is 1.41. The molecular formula is C26H30N4O4. The van der Waals surface area contributed by atoms with E-state index in [1.807, 2.05) is 31.2 Å². The number of likely N-dealkylation sites (tertiary alicyclic amines) is 2. The molecule has 34 heavy (non-hydrogen) atoms. The van der Waals surface area contributed by atoms with Crippen molar-refractivity contribution >= 4 is 23.5 Å². The Morgan fingerprint density at radius 3 is 2.59 bits per heavy atom. The van der Waals surface area contributed by atoms with Gasteiger partial charge in [0.1, 0.15) is 0 Å². The summed E-state index contributed by atoms with van der Waals surface area (Å²) in [6, 6.07) is 7.51. The summed E-state index contributed by atoms with van der Waals surface area (Å²) in [6.45, 7) is 2.77. The van der Waals surface area contributed by atoms with E-state index in [-0.39, 0.29) is 48.3 Å². The fourth-order valence-electron chi connectivity index (χ4n) is 5.59. The van der Waals surface area contributed by atoms with Gasteiger partial charge in [-0.1, -0.05) is 24.3 Å². The molecule has 0 spiro atoms. The number of piperidine rings is 1. The molecule has 2 saturated heterocycles. The van der Waals surface area contributed by atoms with Crippen LogP contribution in [0.5, 0.6) is 0 Å². The molecule has 8 nitrogen and oxygen atoms in total. The van der Waals surface area contributed by atoms with Crippen molar-refractivity contribution in [3.05, 3.63) is 53.6 Å². The van der Waals surface area contributed by atoms with Crippen LogP contribution in [0.15, 0.2) is 36.7 Å². The molecule has 5 rings (SSSR count). The van der Waals surface area contributed by atoms with Gasteiger partial charge in [0.05, 0.1) is 5.41 Å². The third-order valence-electron chi connectivity index (χ3n) is 7.56. The van der Waals surface area contributed by atoms with E-state index in [1.54, 1.807) is 28.9 Å². The molecule has 2 atom stereocenters. The first-order valence-corrected chi connectivity index (χ1v) is 12.0. The highest BCUT2D eigenvalue weighted by Gasteiger charge is 2.57. The molecule has 2 aromatic rings. The lowest BCUT2D eigenvalue weighted by molar-refractivity contribution is -0.143. The van der Waals surface area contributed by atoms with E-state index in [9.17, 15) is 19.2 Å². The van der Waals surface area contributed by atoms with Gasteiger partial charge in [0.15, 0.2) is 5.82 Å². The average molecular weight is 463 g/mol. The Morgan fingerprint density at radius 2 is 1.91 bits per heavy atom. The number of aryl methyl sites for hydroxylation is 2. The molecule has 2 unspecified atom stereocenters. The summed E-state index contributed by atoms with van der Waals surface area (Å²) in [6.07, 6.45) is 6.36. The third-order valence-corrected chi connectivity index (χ3v) is 7.56. The number of hydrogen-bond donors (Lipinski definition) is 0. The van der Waals surface area contributed by atoms with Crippen molar-refractivity contribution in [3.63, 3.8) is 0 Å². The third kappa shape index (κ3) is 3.75. The topological polar surface area (TPSA) is 92.6 Å². The first-order chi connectivity index (χ1) is 16.3. The molecular weight excluding hydrogens is 432 g/mol. The van der Waals surface area contributed by atoms with Crippen molar-refractivity contribution in [1.82, 2.24) is 19.4 Å². The molecule has 178 valence electrons. The standard InChI is InChI=1S/C26H30N4O4/c1-17-6-3-4-8-20(17)26(15-22(32)30(25(26)34)19-9-10-19)14-21(31)29-12-5-7-18(16-29)23(33)24-27-11-13-28(24)2/h3-4,6,8,11,13,18-19H,5,7,9-10,12,14-16H2,1-2H3. The Morgan fingerprint density at radius 1 is 1.15 bits per heavy atom. The van der Waals surface area contributed by atoms with Crippen LogP contribution in [-0.2, 0) is 26.8 Å². The maximum Gasteiger partial charge on any atom is 0.241 e.